The molecule has 6 nitrogen and oxygen atoms in total. The highest BCUT2D eigenvalue weighted by molar-refractivity contribution is 5.75. The van der Waals surface area contributed by atoms with Crippen LogP contribution in [0.5, 0.6) is 0 Å². The van der Waals surface area contributed by atoms with E-state index in [-0.39, 0.29) is 12.1 Å². The number of urea groups is 1. The molecule has 0 aromatic rings. The summed E-state index contributed by atoms with van der Waals surface area (Å²) in [6, 6.07) is -0.240. The fraction of sp³-hybridized carbons (Fsp3) is 0.867. The lowest BCUT2D eigenvalue weighted by atomic mass is 10.2. The van der Waals surface area contributed by atoms with Gasteiger partial charge in [-0.15, -0.1) is 0 Å². The Morgan fingerprint density at radius 1 is 1.05 bits per heavy atom. The van der Waals surface area contributed by atoms with Crippen LogP contribution in [0.2, 0.25) is 0 Å². The number of aliphatic carboxylic acids is 1. The van der Waals surface area contributed by atoms with E-state index in [0.717, 1.165) is 6.54 Å². The molecular weight excluding hydrogens is 270 g/mol. The fourth-order valence-corrected chi connectivity index (χ4v) is 2.54. The molecule has 1 aliphatic heterocycles. The number of piperazine rings is 1. The van der Waals surface area contributed by atoms with E-state index in [4.69, 9.17) is 5.11 Å². The zero-order valence-corrected chi connectivity index (χ0v) is 13.9. The van der Waals surface area contributed by atoms with Gasteiger partial charge in [-0.05, 0) is 26.7 Å². The molecule has 1 fully saturated rings. The molecule has 0 bridgehead atoms. The number of carbonyl (C=O) groups excluding carboxylic acids is 1. The molecule has 1 aliphatic rings. The quantitative estimate of drug-likeness (QED) is 0.837. The highest BCUT2D eigenvalue weighted by Gasteiger charge is 2.30. The molecule has 1 unspecified atom stereocenters. The molecule has 122 valence electrons. The molecule has 1 rings (SSSR count). The van der Waals surface area contributed by atoms with Gasteiger partial charge in [0, 0.05) is 38.8 Å². The minimum atomic E-state index is -0.807. The van der Waals surface area contributed by atoms with E-state index in [9.17, 15) is 9.59 Å². The average molecular weight is 299 g/mol. The number of rotatable bonds is 5. The van der Waals surface area contributed by atoms with E-state index in [1.165, 1.54) is 0 Å². The standard InChI is InChI=1S/C15H29N3O3/c1-11(2)10-18(12(3)4)15(21)17-8-6-16(7-9-17)13(5)14(19)20/h11-13H,6-10H2,1-5H3,(H,19,20). The molecule has 1 saturated heterocycles. The normalized spacial score (nSPS) is 18.1. The SMILES string of the molecule is CC(C)CN(C(=O)N1CCN(C(C)C(=O)O)CC1)C(C)C. The van der Waals surface area contributed by atoms with Gasteiger partial charge < -0.3 is 14.9 Å². The average Bonchev–Trinajstić information content (AvgIpc) is 2.42. The molecule has 2 amide bonds. The zero-order valence-electron chi connectivity index (χ0n) is 13.9. The molecule has 0 aliphatic carbocycles. The van der Waals surface area contributed by atoms with Crippen molar-refractivity contribution in [3.8, 4) is 0 Å². The molecule has 1 heterocycles. The maximum Gasteiger partial charge on any atom is 0.320 e. The van der Waals surface area contributed by atoms with Gasteiger partial charge in [-0.2, -0.15) is 0 Å². The molecule has 0 radical (unpaired) electrons. The van der Waals surface area contributed by atoms with Crippen molar-refractivity contribution in [1.29, 1.82) is 0 Å². The van der Waals surface area contributed by atoms with Crippen molar-refractivity contribution < 1.29 is 14.7 Å². The second-order valence-electron chi connectivity index (χ2n) is 6.46. The summed E-state index contributed by atoms with van der Waals surface area (Å²) >= 11 is 0. The second kappa shape index (κ2) is 7.64. The maximum absolute atomic E-state index is 12.6. The van der Waals surface area contributed by atoms with Gasteiger partial charge in [-0.25, -0.2) is 4.79 Å². The summed E-state index contributed by atoms with van der Waals surface area (Å²) in [6.07, 6.45) is 0. The van der Waals surface area contributed by atoms with Crippen molar-refractivity contribution in [3.63, 3.8) is 0 Å². The summed E-state index contributed by atoms with van der Waals surface area (Å²) in [5, 5.41) is 9.04. The summed E-state index contributed by atoms with van der Waals surface area (Å²) in [5.41, 5.74) is 0. The Bertz CT molecular complexity index is 363. The number of amides is 2. The predicted octanol–water partition coefficient (Wildman–Crippen LogP) is 1.56. The van der Waals surface area contributed by atoms with Crippen molar-refractivity contribution >= 4 is 12.0 Å². The van der Waals surface area contributed by atoms with Crippen LogP contribution >= 0.6 is 0 Å². The lowest BCUT2D eigenvalue weighted by Gasteiger charge is -2.40. The molecule has 0 aromatic heterocycles. The molecule has 6 heteroatoms. The number of carboxylic acid groups (broad SMARTS) is 1. The molecule has 0 aromatic carbocycles. The summed E-state index contributed by atoms with van der Waals surface area (Å²) < 4.78 is 0. The monoisotopic (exact) mass is 299 g/mol. The van der Waals surface area contributed by atoms with Crippen LogP contribution in [0.4, 0.5) is 4.79 Å². The van der Waals surface area contributed by atoms with Gasteiger partial charge >= 0.3 is 12.0 Å². The van der Waals surface area contributed by atoms with Crippen molar-refractivity contribution in [2.75, 3.05) is 32.7 Å². The molecule has 0 spiro atoms. The lowest BCUT2D eigenvalue weighted by Crippen LogP contribution is -2.57. The predicted molar refractivity (Wildman–Crippen MR) is 82.3 cm³/mol. The number of carboxylic acids is 1. The van der Waals surface area contributed by atoms with E-state index in [1.807, 2.05) is 28.5 Å². The van der Waals surface area contributed by atoms with Crippen molar-refractivity contribution in [1.82, 2.24) is 14.7 Å². The third-order valence-corrected chi connectivity index (χ3v) is 3.92. The Labute approximate surface area is 127 Å². The van der Waals surface area contributed by atoms with Crippen LogP contribution in [0, 0.1) is 5.92 Å². The smallest absolute Gasteiger partial charge is 0.320 e. The van der Waals surface area contributed by atoms with Gasteiger partial charge in [0.1, 0.15) is 6.04 Å². The Morgan fingerprint density at radius 2 is 1.57 bits per heavy atom. The number of carbonyl (C=O) groups is 2. The Kier molecular flexibility index (Phi) is 6.45. The van der Waals surface area contributed by atoms with E-state index in [0.29, 0.717) is 32.1 Å². The van der Waals surface area contributed by atoms with Crippen LogP contribution in [0.1, 0.15) is 34.6 Å². The summed E-state index contributed by atoms with van der Waals surface area (Å²) in [6.45, 7) is 13.1. The van der Waals surface area contributed by atoms with Crippen LogP contribution in [0.3, 0.4) is 0 Å². The van der Waals surface area contributed by atoms with Gasteiger partial charge in [0.15, 0.2) is 0 Å². The topological polar surface area (TPSA) is 64.1 Å². The fourth-order valence-electron chi connectivity index (χ4n) is 2.54. The third-order valence-electron chi connectivity index (χ3n) is 3.92. The van der Waals surface area contributed by atoms with Crippen LogP contribution in [0.25, 0.3) is 0 Å². The third kappa shape index (κ3) is 4.88. The first kappa shape index (κ1) is 17.8. The molecule has 0 saturated carbocycles. The minimum Gasteiger partial charge on any atom is -0.480 e. The van der Waals surface area contributed by atoms with Crippen molar-refractivity contribution in [2.45, 2.75) is 46.7 Å². The van der Waals surface area contributed by atoms with Crippen molar-refractivity contribution in [2.24, 2.45) is 5.92 Å². The Morgan fingerprint density at radius 3 is 1.95 bits per heavy atom. The Balaban J connectivity index is 2.59. The van der Waals surface area contributed by atoms with Crippen LogP contribution in [-0.2, 0) is 4.79 Å². The largest absolute Gasteiger partial charge is 0.480 e. The van der Waals surface area contributed by atoms with Crippen LogP contribution in [0.15, 0.2) is 0 Å². The van der Waals surface area contributed by atoms with Gasteiger partial charge in [0.25, 0.3) is 0 Å². The van der Waals surface area contributed by atoms with Crippen LogP contribution in [-0.4, -0.2) is 76.6 Å². The molecule has 1 N–H and O–H groups in total. The maximum atomic E-state index is 12.6. The van der Waals surface area contributed by atoms with Gasteiger partial charge in [0.2, 0.25) is 0 Å². The van der Waals surface area contributed by atoms with E-state index >= 15 is 0 Å². The van der Waals surface area contributed by atoms with E-state index in [1.54, 1.807) is 6.92 Å². The second-order valence-corrected chi connectivity index (χ2v) is 6.46. The van der Waals surface area contributed by atoms with Crippen LogP contribution < -0.4 is 0 Å². The zero-order chi connectivity index (χ0) is 16.2. The van der Waals surface area contributed by atoms with Gasteiger partial charge in [0.05, 0.1) is 0 Å². The summed E-state index contributed by atoms with van der Waals surface area (Å²) in [7, 11) is 0. The van der Waals surface area contributed by atoms with Gasteiger partial charge in [-0.3, -0.25) is 9.69 Å². The lowest BCUT2D eigenvalue weighted by molar-refractivity contribution is -0.143. The van der Waals surface area contributed by atoms with E-state index in [2.05, 4.69) is 13.8 Å². The first-order chi connectivity index (χ1) is 9.73. The van der Waals surface area contributed by atoms with Crippen molar-refractivity contribution in [3.05, 3.63) is 0 Å². The first-order valence-electron chi connectivity index (χ1n) is 7.76. The number of hydrogen-bond donors (Lipinski definition) is 1. The molecular formula is C15H29N3O3. The van der Waals surface area contributed by atoms with E-state index < -0.39 is 12.0 Å². The number of nitrogens with zero attached hydrogens (tertiary/aromatic N) is 3. The minimum absolute atomic E-state index is 0.0707. The summed E-state index contributed by atoms with van der Waals surface area (Å²) in [4.78, 5) is 29.3. The molecule has 1 atom stereocenters. The van der Waals surface area contributed by atoms with Gasteiger partial charge in [-0.1, -0.05) is 13.8 Å². The number of hydrogen-bond acceptors (Lipinski definition) is 3. The molecule has 21 heavy (non-hydrogen) atoms. The highest BCUT2D eigenvalue weighted by Crippen LogP contribution is 2.12. The first-order valence-corrected chi connectivity index (χ1v) is 7.76. The highest BCUT2D eigenvalue weighted by atomic mass is 16.4. The summed E-state index contributed by atoms with van der Waals surface area (Å²) in [5.74, 6) is -0.372. The Hall–Kier alpha value is -1.30.